The molecule has 0 aromatic carbocycles. The lowest BCUT2D eigenvalue weighted by atomic mass is 9.79. The summed E-state index contributed by atoms with van der Waals surface area (Å²) in [7, 11) is 0. The molecule has 0 spiro atoms. The number of carbonyl (C=O) groups excluding carboxylic acids is 1. The van der Waals surface area contributed by atoms with Crippen molar-refractivity contribution in [1.82, 2.24) is 4.90 Å². The zero-order chi connectivity index (χ0) is 19.6. The minimum atomic E-state index is 0.108. The fraction of sp³-hybridized carbons (Fsp3) is 0.708. The molecule has 1 aromatic rings. The van der Waals surface area contributed by atoms with E-state index in [9.17, 15) is 4.79 Å². The SMILES string of the molecule is CCN(CC1SCCC1C1CCCCCCCCC1)C(=O)/C=C/c1ccco1. The van der Waals surface area contributed by atoms with Gasteiger partial charge in [-0.05, 0) is 49.1 Å². The number of amides is 1. The fourth-order valence-corrected chi connectivity index (χ4v) is 6.50. The maximum Gasteiger partial charge on any atom is 0.246 e. The number of rotatable bonds is 6. The van der Waals surface area contributed by atoms with Gasteiger partial charge in [-0.2, -0.15) is 11.8 Å². The number of thioether (sulfide) groups is 1. The molecule has 1 saturated carbocycles. The van der Waals surface area contributed by atoms with Crippen molar-refractivity contribution in [2.24, 2.45) is 11.8 Å². The van der Waals surface area contributed by atoms with Gasteiger partial charge in [0, 0.05) is 24.4 Å². The Labute approximate surface area is 175 Å². The molecule has 0 bridgehead atoms. The van der Waals surface area contributed by atoms with E-state index in [1.165, 1.54) is 70.0 Å². The molecular formula is C24H37NO2S. The van der Waals surface area contributed by atoms with E-state index in [2.05, 4.69) is 18.7 Å². The zero-order valence-electron chi connectivity index (χ0n) is 17.5. The molecule has 1 saturated heterocycles. The van der Waals surface area contributed by atoms with Crippen molar-refractivity contribution in [1.29, 1.82) is 0 Å². The summed E-state index contributed by atoms with van der Waals surface area (Å²) in [4.78, 5) is 14.7. The molecule has 0 N–H and O–H groups in total. The molecule has 4 heteroatoms. The first-order valence-corrected chi connectivity index (χ1v) is 12.4. The number of likely N-dealkylation sites (N-methyl/N-ethyl adjacent to an activating group) is 1. The minimum absolute atomic E-state index is 0.108. The van der Waals surface area contributed by atoms with Gasteiger partial charge >= 0.3 is 0 Å². The van der Waals surface area contributed by atoms with E-state index >= 15 is 0 Å². The minimum Gasteiger partial charge on any atom is -0.465 e. The average Bonchev–Trinajstić information content (AvgIpc) is 3.40. The van der Waals surface area contributed by atoms with Gasteiger partial charge in [0.15, 0.2) is 0 Å². The van der Waals surface area contributed by atoms with Crippen LogP contribution >= 0.6 is 11.8 Å². The van der Waals surface area contributed by atoms with Crippen molar-refractivity contribution < 1.29 is 9.21 Å². The van der Waals surface area contributed by atoms with Gasteiger partial charge in [-0.15, -0.1) is 0 Å². The maximum absolute atomic E-state index is 12.7. The Morgan fingerprint density at radius 3 is 2.50 bits per heavy atom. The van der Waals surface area contributed by atoms with Crippen molar-refractivity contribution in [3.8, 4) is 0 Å². The van der Waals surface area contributed by atoms with Crippen LogP contribution in [0, 0.1) is 11.8 Å². The third kappa shape index (κ3) is 6.43. The van der Waals surface area contributed by atoms with Gasteiger partial charge in [0.1, 0.15) is 5.76 Å². The van der Waals surface area contributed by atoms with Gasteiger partial charge in [0.05, 0.1) is 6.26 Å². The Balaban J connectivity index is 1.57. The summed E-state index contributed by atoms with van der Waals surface area (Å²) in [6.45, 7) is 3.76. The molecule has 1 aliphatic heterocycles. The van der Waals surface area contributed by atoms with Gasteiger partial charge in [0.25, 0.3) is 0 Å². The molecule has 2 atom stereocenters. The molecular weight excluding hydrogens is 366 g/mol. The summed E-state index contributed by atoms with van der Waals surface area (Å²) in [6.07, 6.45) is 19.2. The van der Waals surface area contributed by atoms with E-state index in [1.807, 2.05) is 17.0 Å². The number of furan rings is 1. The molecule has 2 unspecified atom stereocenters. The molecule has 28 heavy (non-hydrogen) atoms. The van der Waals surface area contributed by atoms with Crippen LogP contribution in [0.3, 0.4) is 0 Å². The van der Waals surface area contributed by atoms with Gasteiger partial charge in [0.2, 0.25) is 5.91 Å². The Morgan fingerprint density at radius 1 is 1.14 bits per heavy atom. The van der Waals surface area contributed by atoms with Crippen LogP contribution in [0.2, 0.25) is 0 Å². The molecule has 2 heterocycles. The molecule has 1 aliphatic carbocycles. The highest BCUT2D eigenvalue weighted by molar-refractivity contribution is 8.00. The van der Waals surface area contributed by atoms with Crippen molar-refractivity contribution >= 4 is 23.7 Å². The summed E-state index contributed by atoms with van der Waals surface area (Å²) < 4.78 is 5.31. The van der Waals surface area contributed by atoms with E-state index < -0.39 is 0 Å². The summed E-state index contributed by atoms with van der Waals surface area (Å²) in [5, 5.41) is 0.605. The van der Waals surface area contributed by atoms with Crippen molar-refractivity contribution in [3.05, 3.63) is 30.2 Å². The van der Waals surface area contributed by atoms with Gasteiger partial charge in [-0.1, -0.05) is 57.8 Å². The van der Waals surface area contributed by atoms with E-state index in [4.69, 9.17) is 4.42 Å². The molecule has 156 valence electrons. The van der Waals surface area contributed by atoms with E-state index in [-0.39, 0.29) is 5.91 Å². The molecule has 2 fully saturated rings. The molecule has 1 amide bonds. The van der Waals surface area contributed by atoms with Crippen molar-refractivity contribution in [3.63, 3.8) is 0 Å². The van der Waals surface area contributed by atoms with Crippen LogP contribution in [-0.2, 0) is 4.79 Å². The van der Waals surface area contributed by atoms with Crippen molar-refractivity contribution in [2.75, 3.05) is 18.8 Å². The second kappa shape index (κ2) is 11.7. The van der Waals surface area contributed by atoms with Crippen LogP contribution in [0.15, 0.2) is 28.9 Å². The summed E-state index contributed by atoms with van der Waals surface area (Å²) in [5.74, 6) is 3.76. The predicted octanol–water partition coefficient (Wildman–Crippen LogP) is 6.40. The lowest BCUT2D eigenvalue weighted by Gasteiger charge is -2.32. The lowest BCUT2D eigenvalue weighted by molar-refractivity contribution is -0.125. The largest absolute Gasteiger partial charge is 0.465 e. The van der Waals surface area contributed by atoms with Gasteiger partial charge < -0.3 is 9.32 Å². The standard InChI is InChI=1S/C24H37NO2S/c1-2-25(24(26)15-14-21-13-10-17-27-21)19-23-22(16-18-28-23)20-11-8-6-4-3-5-7-9-12-20/h10,13-15,17,20,22-23H,2-9,11-12,16,18-19H2,1H3/b15-14+. The molecule has 3 nitrogen and oxygen atoms in total. The fourth-order valence-electron chi connectivity index (χ4n) is 4.90. The lowest BCUT2D eigenvalue weighted by Crippen LogP contribution is -2.38. The number of carbonyl (C=O) groups is 1. The quantitative estimate of drug-likeness (QED) is 0.515. The maximum atomic E-state index is 12.7. The van der Waals surface area contributed by atoms with E-state index in [0.717, 1.165) is 30.7 Å². The van der Waals surface area contributed by atoms with Crippen LogP contribution in [0.1, 0.15) is 76.9 Å². The smallest absolute Gasteiger partial charge is 0.246 e. The van der Waals surface area contributed by atoms with Crippen LogP contribution < -0.4 is 0 Å². The Hall–Kier alpha value is -1.16. The zero-order valence-corrected chi connectivity index (χ0v) is 18.3. The summed E-state index contributed by atoms with van der Waals surface area (Å²) in [6, 6.07) is 3.73. The summed E-state index contributed by atoms with van der Waals surface area (Å²) in [5.41, 5.74) is 0. The van der Waals surface area contributed by atoms with Crippen LogP contribution in [0.5, 0.6) is 0 Å². The first-order valence-electron chi connectivity index (χ1n) is 11.4. The average molecular weight is 404 g/mol. The highest BCUT2D eigenvalue weighted by atomic mass is 32.2. The molecule has 3 rings (SSSR count). The van der Waals surface area contributed by atoms with Gasteiger partial charge in [-0.25, -0.2) is 0 Å². The highest BCUT2D eigenvalue weighted by Crippen LogP contribution is 2.42. The van der Waals surface area contributed by atoms with E-state index in [0.29, 0.717) is 5.25 Å². The highest BCUT2D eigenvalue weighted by Gasteiger charge is 2.35. The van der Waals surface area contributed by atoms with Gasteiger partial charge in [-0.3, -0.25) is 4.79 Å². The Kier molecular flexibility index (Phi) is 9.04. The third-order valence-corrected chi connectivity index (χ3v) is 7.94. The second-order valence-electron chi connectivity index (χ2n) is 8.40. The Bertz CT molecular complexity index is 588. The Morgan fingerprint density at radius 2 is 1.86 bits per heavy atom. The number of hydrogen-bond acceptors (Lipinski definition) is 3. The number of hydrogen-bond donors (Lipinski definition) is 0. The first-order chi connectivity index (χ1) is 13.8. The normalized spacial score (nSPS) is 25.2. The predicted molar refractivity (Wildman–Crippen MR) is 119 cm³/mol. The van der Waals surface area contributed by atoms with Crippen LogP contribution in [0.25, 0.3) is 6.08 Å². The number of nitrogens with zero attached hydrogens (tertiary/aromatic N) is 1. The topological polar surface area (TPSA) is 33.5 Å². The van der Waals surface area contributed by atoms with Crippen molar-refractivity contribution in [2.45, 2.75) is 76.4 Å². The van der Waals surface area contributed by atoms with E-state index in [1.54, 1.807) is 18.4 Å². The van der Waals surface area contributed by atoms with Crippen LogP contribution in [-0.4, -0.2) is 34.9 Å². The molecule has 1 aromatic heterocycles. The second-order valence-corrected chi connectivity index (χ2v) is 9.75. The summed E-state index contributed by atoms with van der Waals surface area (Å²) >= 11 is 2.11. The van der Waals surface area contributed by atoms with Crippen LogP contribution in [0.4, 0.5) is 0 Å². The first kappa shape index (κ1) is 21.5. The monoisotopic (exact) mass is 403 g/mol. The molecule has 2 aliphatic rings. The molecule has 0 radical (unpaired) electrons. The third-order valence-electron chi connectivity index (χ3n) is 6.54.